The van der Waals surface area contributed by atoms with Crippen LogP contribution in [-0.2, 0) is 0 Å². The van der Waals surface area contributed by atoms with Gasteiger partial charge in [0.15, 0.2) is 11.6 Å². The molecule has 1 aliphatic heterocycles. The van der Waals surface area contributed by atoms with Crippen LogP contribution in [0, 0.1) is 23.6 Å². The molecule has 2 N–H and O–H groups in total. The fraction of sp³-hybridized carbons (Fsp3) is 0.545. The van der Waals surface area contributed by atoms with Crippen LogP contribution in [0.5, 0.6) is 5.75 Å². The van der Waals surface area contributed by atoms with Crippen molar-refractivity contribution in [2.45, 2.75) is 39.8 Å². The maximum atomic E-state index is 13.9. The van der Waals surface area contributed by atoms with E-state index in [1.54, 1.807) is 0 Å². The highest BCUT2D eigenvalue weighted by Gasteiger charge is 2.42. The van der Waals surface area contributed by atoms with Crippen molar-refractivity contribution in [2.75, 3.05) is 19.6 Å². The number of ether oxygens (including phenoxy) is 1. The Bertz CT molecular complexity index is 728. The van der Waals surface area contributed by atoms with Gasteiger partial charge in [-0.25, -0.2) is 4.39 Å². The molecule has 29 heavy (non-hydrogen) atoms. The normalized spacial score (nSPS) is 20.2. The molecule has 1 fully saturated rings. The Balaban J connectivity index is 2.33. The van der Waals surface area contributed by atoms with Crippen LogP contribution in [0.4, 0.5) is 17.6 Å². The van der Waals surface area contributed by atoms with Crippen molar-refractivity contribution in [3.8, 4) is 5.75 Å². The van der Waals surface area contributed by atoms with Gasteiger partial charge in [0.2, 0.25) is 0 Å². The lowest BCUT2D eigenvalue weighted by molar-refractivity contribution is -0.157. The van der Waals surface area contributed by atoms with Crippen LogP contribution in [0.2, 0.25) is 0 Å². The fourth-order valence-electron chi connectivity index (χ4n) is 3.60. The first-order chi connectivity index (χ1) is 13.7. The number of alkyl halides is 3. The number of halogens is 4. The van der Waals surface area contributed by atoms with Crippen molar-refractivity contribution in [1.82, 2.24) is 4.90 Å². The molecule has 0 bridgehead atoms. The Morgan fingerprint density at radius 2 is 2.00 bits per heavy atom. The summed E-state index contributed by atoms with van der Waals surface area (Å²) in [5.74, 6) is -2.47. The molecular weight excluding hydrogens is 384 g/mol. The first kappa shape index (κ1) is 23.3. The second-order valence-corrected chi connectivity index (χ2v) is 7.70. The van der Waals surface area contributed by atoms with Crippen molar-refractivity contribution in [1.29, 1.82) is 0 Å². The summed E-state index contributed by atoms with van der Waals surface area (Å²) in [6.45, 7) is 7.05. The maximum absolute atomic E-state index is 13.9. The minimum Gasteiger partial charge on any atom is -0.458 e. The number of hydrogen-bond donors (Lipinski definition) is 1. The highest BCUT2D eigenvalue weighted by atomic mass is 19.4. The summed E-state index contributed by atoms with van der Waals surface area (Å²) in [4.78, 5) is 1.95. The van der Waals surface area contributed by atoms with E-state index in [9.17, 15) is 17.6 Å². The summed E-state index contributed by atoms with van der Waals surface area (Å²) in [5.41, 5.74) is 6.28. The Hall–Kier alpha value is -2.02. The fourth-order valence-corrected chi connectivity index (χ4v) is 3.60. The molecule has 3 nitrogen and oxygen atoms in total. The molecule has 2 atom stereocenters. The SMILES string of the molecule is C/C=C(/Oc1ccccc1F)C(C=C(CN)N1CCCC(C(C)C)C1)C(F)(F)F. The van der Waals surface area contributed by atoms with E-state index in [0.717, 1.165) is 25.0 Å². The van der Waals surface area contributed by atoms with Crippen molar-refractivity contribution in [2.24, 2.45) is 23.5 Å². The van der Waals surface area contributed by atoms with Gasteiger partial charge in [-0.05, 0) is 55.9 Å². The molecule has 1 aliphatic rings. The first-order valence-electron chi connectivity index (χ1n) is 9.98. The van der Waals surface area contributed by atoms with Gasteiger partial charge in [0, 0.05) is 25.3 Å². The lowest BCUT2D eigenvalue weighted by Crippen LogP contribution is -2.39. The molecule has 2 rings (SSSR count). The van der Waals surface area contributed by atoms with Crippen LogP contribution in [0.15, 0.2) is 47.9 Å². The second-order valence-electron chi connectivity index (χ2n) is 7.70. The molecule has 0 saturated carbocycles. The van der Waals surface area contributed by atoms with Gasteiger partial charge in [-0.3, -0.25) is 0 Å². The molecule has 1 saturated heterocycles. The first-order valence-corrected chi connectivity index (χ1v) is 9.98. The van der Waals surface area contributed by atoms with Gasteiger partial charge in [-0.15, -0.1) is 0 Å². The molecular formula is C22H30F4N2O. The summed E-state index contributed by atoms with van der Waals surface area (Å²) in [6, 6.07) is 5.41. The van der Waals surface area contributed by atoms with Gasteiger partial charge in [0.25, 0.3) is 0 Å². The van der Waals surface area contributed by atoms with E-state index in [2.05, 4.69) is 13.8 Å². The van der Waals surface area contributed by atoms with Crippen molar-refractivity contribution >= 4 is 0 Å². The number of benzene rings is 1. The number of para-hydroxylation sites is 1. The summed E-state index contributed by atoms with van der Waals surface area (Å²) < 4.78 is 61.0. The van der Waals surface area contributed by atoms with E-state index in [1.807, 2.05) is 4.90 Å². The maximum Gasteiger partial charge on any atom is 0.402 e. The number of hydrogen-bond acceptors (Lipinski definition) is 3. The summed E-state index contributed by atoms with van der Waals surface area (Å²) in [7, 11) is 0. The quantitative estimate of drug-likeness (QED) is 0.473. The van der Waals surface area contributed by atoms with Gasteiger partial charge in [0.05, 0.1) is 0 Å². The van der Waals surface area contributed by atoms with E-state index in [1.165, 1.54) is 31.2 Å². The third kappa shape index (κ3) is 6.23. The predicted molar refractivity (Wildman–Crippen MR) is 107 cm³/mol. The number of nitrogens with two attached hydrogens (primary N) is 1. The predicted octanol–water partition coefficient (Wildman–Crippen LogP) is 5.50. The molecule has 0 aliphatic carbocycles. The number of nitrogens with zero attached hydrogens (tertiary/aromatic N) is 1. The zero-order chi connectivity index (χ0) is 21.6. The number of piperidine rings is 1. The zero-order valence-electron chi connectivity index (χ0n) is 17.2. The van der Waals surface area contributed by atoms with Crippen LogP contribution in [0.1, 0.15) is 33.6 Å². The van der Waals surface area contributed by atoms with Crippen LogP contribution in [-0.4, -0.2) is 30.7 Å². The molecule has 0 aromatic heterocycles. The van der Waals surface area contributed by atoms with Gasteiger partial charge >= 0.3 is 6.18 Å². The molecule has 2 unspecified atom stereocenters. The van der Waals surface area contributed by atoms with Crippen molar-refractivity contribution < 1.29 is 22.3 Å². The standard InChI is InChI=1S/C22H30F4N2O/c1-4-20(29-21-10-6-5-9-19(21)23)18(22(24,25)26)12-17(13-27)28-11-7-8-16(14-28)15(2)3/h4-6,9-10,12,15-16,18H,7-8,11,13-14,27H2,1-3H3/b17-12?,20-4+. The molecule has 0 spiro atoms. The van der Waals surface area contributed by atoms with Gasteiger partial charge in [-0.1, -0.05) is 26.0 Å². The topological polar surface area (TPSA) is 38.5 Å². The van der Waals surface area contributed by atoms with Gasteiger partial charge in [-0.2, -0.15) is 13.2 Å². The smallest absolute Gasteiger partial charge is 0.402 e. The molecule has 1 heterocycles. The highest BCUT2D eigenvalue weighted by Crippen LogP contribution is 2.36. The van der Waals surface area contributed by atoms with Gasteiger partial charge < -0.3 is 15.4 Å². The largest absolute Gasteiger partial charge is 0.458 e. The lowest BCUT2D eigenvalue weighted by Gasteiger charge is -2.38. The lowest BCUT2D eigenvalue weighted by atomic mass is 9.87. The highest BCUT2D eigenvalue weighted by molar-refractivity contribution is 5.28. The van der Waals surface area contributed by atoms with Gasteiger partial charge in [0.1, 0.15) is 11.7 Å². The Labute approximate surface area is 170 Å². The minimum absolute atomic E-state index is 0.00587. The molecule has 0 amide bonds. The monoisotopic (exact) mass is 414 g/mol. The second kappa shape index (κ2) is 10.1. The summed E-state index contributed by atoms with van der Waals surface area (Å²) in [5, 5.41) is 0. The summed E-state index contributed by atoms with van der Waals surface area (Å²) >= 11 is 0. The Morgan fingerprint density at radius 3 is 2.55 bits per heavy atom. The molecule has 1 aromatic carbocycles. The van der Waals surface area contributed by atoms with Crippen LogP contribution >= 0.6 is 0 Å². The zero-order valence-corrected chi connectivity index (χ0v) is 17.2. The van der Waals surface area contributed by atoms with E-state index in [-0.39, 0.29) is 18.1 Å². The molecule has 1 aromatic rings. The summed E-state index contributed by atoms with van der Waals surface area (Å²) in [6.07, 6.45) is -0.272. The molecule has 0 radical (unpaired) electrons. The Morgan fingerprint density at radius 1 is 1.31 bits per heavy atom. The van der Waals surface area contributed by atoms with Crippen molar-refractivity contribution in [3.63, 3.8) is 0 Å². The van der Waals surface area contributed by atoms with E-state index >= 15 is 0 Å². The number of likely N-dealkylation sites (tertiary alicyclic amines) is 1. The van der Waals surface area contributed by atoms with Crippen molar-refractivity contribution in [3.05, 3.63) is 53.7 Å². The minimum atomic E-state index is -4.60. The average molecular weight is 414 g/mol. The van der Waals surface area contributed by atoms with E-state index in [0.29, 0.717) is 30.6 Å². The average Bonchev–Trinajstić information content (AvgIpc) is 2.68. The molecule has 162 valence electrons. The van der Waals surface area contributed by atoms with E-state index in [4.69, 9.17) is 10.5 Å². The Kier molecular flexibility index (Phi) is 8.14. The van der Waals surface area contributed by atoms with Crippen LogP contribution < -0.4 is 10.5 Å². The van der Waals surface area contributed by atoms with Crippen LogP contribution in [0.25, 0.3) is 0 Å². The molecule has 7 heteroatoms. The third-order valence-electron chi connectivity index (χ3n) is 5.38. The van der Waals surface area contributed by atoms with Crippen LogP contribution in [0.3, 0.4) is 0 Å². The third-order valence-corrected chi connectivity index (χ3v) is 5.38. The van der Waals surface area contributed by atoms with E-state index < -0.39 is 17.9 Å². The number of rotatable bonds is 7. The number of allylic oxidation sites excluding steroid dienone is 2.